The molecule has 0 bridgehead atoms. The SMILES string of the molecule is CCCC(=O)NCCc1cn(C(C)CC)c2c(Cl)cc(OCC)cc12. The summed E-state index contributed by atoms with van der Waals surface area (Å²) in [5.41, 5.74) is 2.24. The number of amides is 1. The van der Waals surface area contributed by atoms with Crippen molar-refractivity contribution in [2.75, 3.05) is 13.2 Å². The maximum Gasteiger partial charge on any atom is 0.219 e. The molecule has 1 heterocycles. The van der Waals surface area contributed by atoms with Crippen molar-refractivity contribution in [1.82, 2.24) is 9.88 Å². The first-order chi connectivity index (χ1) is 12.0. The highest BCUT2D eigenvalue weighted by atomic mass is 35.5. The van der Waals surface area contributed by atoms with Crippen LogP contribution >= 0.6 is 11.6 Å². The van der Waals surface area contributed by atoms with E-state index in [0.29, 0.717) is 30.6 Å². The quantitative estimate of drug-likeness (QED) is 0.670. The molecule has 1 unspecified atom stereocenters. The van der Waals surface area contributed by atoms with Crippen LogP contribution in [0, 0.1) is 0 Å². The van der Waals surface area contributed by atoms with E-state index in [1.165, 1.54) is 5.56 Å². The van der Waals surface area contributed by atoms with Crippen molar-refractivity contribution < 1.29 is 9.53 Å². The molecule has 138 valence electrons. The lowest BCUT2D eigenvalue weighted by Crippen LogP contribution is -2.25. The summed E-state index contributed by atoms with van der Waals surface area (Å²) in [7, 11) is 0. The van der Waals surface area contributed by atoms with E-state index in [-0.39, 0.29) is 5.91 Å². The summed E-state index contributed by atoms with van der Waals surface area (Å²) < 4.78 is 7.90. The van der Waals surface area contributed by atoms with Crippen molar-refractivity contribution in [3.8, 4) is 5.75 Å². The van der Waals surface area contributed by atoms with Gasteiger partial charge in [0.1, 0.15) is 5.75 Å². The Labute approximate surface area is 155 Å². The minimum absolute atomic E-state index is 0.112. The summed E-state index contributed by atoms with van der Waals surface area (Å²) in [6, 6.07) is 4.31. The molecular formula is C20H29ClN2O2. The average molecular weight is 365 g/mol. The van der Waals surface area contributed by atoms with E-state index in [9.17, 15) is 4.79 Å². The molecule has 0 aliphatic rings. The van der Waals surface area contributed by atoms with Gasteiger partial charge in [-0.15, -0.1) is 0 Å². The predicted molar refractivity (Wildman–Crippen MR) is 105 cm³/mol. The normalized spacial score (nSPS) is 12.4. The molecule has 1 aromatic carbocycles. The Bertz CT molecular complexity index is 724. The highest BCUT2D eigenvalue weighted by Crippen LogP contribution is 2.35. The standard InChI is InChI=1S/C20H29ClN2O2/c1-5-8-19(24)22-10-9-15-13-23(14(4)6-2)20-17(15)11-16(25-7-3)12-18(20)21/h11-14H,5-10H2,1-4H3,(H,22,24). The van der Waals surface area contributed by atoms with Crippen LogP contribution in [-0.4, -0.2) is 23.6 Å². The summed E-state index contributed by atoms with van der Waals surface area (Å²) in [5.74, 6) is 0.902. The number of rotatable bonds is 9. The lowest BCUT2D eigenvalue weighted by atomic mass is 10.1. The first-order valence-corrected chi connectivity index (χ1v) is 9.61. The van der Waals surface area contributed by atoms with Crippen LogP contribution in [0.1, 0.15) is 58.6 Å². The fraction of sp³-hybridized carbons (Fsp3) is 0.550. The number of nitrogens with one attached hydrogen (secondary N) is 1. The van der Waals surface area contributed by atoms with E-state index in [4.69, 9.17) is 16.3 Å². The highest BCUT2D eigenvalue weighted by molar-refractivity contribution is 6.35. The van der Waals surface area contributed by atoms with Crippen LogP contribution in [0.4, 0.5) is 0 Å². The largest absolute Gasteiger partial charge is 0.494 e. The molecule has 0 aliphatic carbocycles. The van der Waals surface area contributed by atoms with Crippen LogP contribution in [0.5, 0.6) is 5.75 Å². The molecule has 1 N–H and O–H groups in total. The van der Waals surface area contributed by atoms with Crippen molar-refractivity contribution >= 4 is 28.4 Å². The molecule has 0 radical (unpaired) electrons. The molecule has 0 saturated heterocycles. The van der Waals surface area contributed by atoms with Gasteiger partial charge >= 0.3 is 0 Å². The van der Waals surface area contributed by atoms with Gasteiger partial charge in [0.05, 0.1) is 17.1 Å². The molecular weight excluding hydrogens is 336 g/mol. The smallest absolute Gasteiger partial charge is 0.219 e. The van der Waals surface area contributed by atoms with Gasteiger partial charge in [-0.1, -0.05) is 25.4 Å². The van der Waals surface area contributed by atoms with Crippen LogP contribution in [0.25, 0.3) is 10.9 Å². The third-order valence-electron chi connectivity index (χ3n) is 4.51. The number of fused-ring (bicyclic) bond motifs is 1. The number of hydrogen-bond acceptors (Lipinski definition) is 2. The minimum atomic E-state index is 0.112. The number of carbonyl (C=O) groups is 1. The summed E-state index contributed by atoms with van der Waals surface area (Å²) in [5, 5.41) is 4.81. The molecule has 1 atom stereocenters. The van der Waals surface area contributed by atoms with E-state index in [1.54, 1.807) is 0 Å². The van der Waals surface area contributed by atoms with Gasteiger partial charge in [0.15, 0.2) is 0 Å². The first kappa shape index (κ1) is 19.6. The number of aromatic nitrogens is 1. The second kappa shape index (κ2) is 9.14. The molecule has 0 spiro atoms. The maximum atomic E-state index is 11.7. The van der Waals surface area contributed by atoms with Crippen molar-refractivity contribution in [2.45, 2.75) is 59.4 Å². The van der Waals surface area contributed by atoms with E-state index in [1.807, 2.05) is 19.9 Å². The van der Waals surface area contributed by atoms with Gasteiger partial charge in [-0.25, -0.2) is 0 Å². The number of ether oxygens (including phenoxy) is 1. The second-order valence-electron chi connectivity index (χ2n) is 6.40. The Morgan fingerprint density at radius 3 is 2.72 bits per heavy atom. The molecule has 2 aromatic rings. The average Bonchev–Trinajstić information content (AvgIpc) is 2.94. The molecule has 0 aliphatic heterocycles. The first-order valence-electron chi connectivity index (χ1n) is 9.24. The third kappa shape index (κ3) is 4.69. The number of nitrogens with zero attached hydrogens (tertiary/aromatic N) is 1. The van der Waals surface area contributed by atoms with Crippen LogP contribution in [-0.2, 0) is 11.2 Å². The van der Waals surface area contributed by atoms with Crippen molar-refractivity contribution in [3.05, 3.63) is 28.9 Å². The number of benzene rings is 1. The van der Waals surface area contributed by atoms with Gasteiger partial charge in [-0.2, -0.15) is 0 Å². The Hall–Kier alpha value is -1.68. The Morgan fingerprint density at radius 1 is 1.32 bits per heavy atom. The highest BCUT2D eigenvalue weighted by Gasteiger charge is 2.16. The molecule has 2 rings (SSSR count). The number of halogens is 1. The van der Waals surface area contributed by atoms with Gasteiger partial charge in [0.25, 0.3) is 0 Å². The molecule has 1 amide bonds. The van der Waals surface area contributed by atoms with Crippen molar-refractivity contribution in [3.63, 3.8) is 0 Å². The van der Waals surface area contributed by atoms with Gasteiger partial charge in [-0.05, 0) is 44.7 Å². The monoisotopic (exact) mass is 364 g/mol. The zero-order chi connectivity index (χ0) is 18.4. The van der Waals surface area contributed by atoms with Crippen molar-refractivity contribution in [2.24, 2.45) is 0 Å². The van der Waals surface area contributed by atoms with Gasteiger partial charge in [-0.3, -0.25) is 4.79 Å². The zero-order valence-corrected chi connectivity index (χ0v) is 16.4. The summed E-state index contributed by atoms with van der Waals surface area (Å²) in [6.07, 6.45) is 5.43. The molecule has 5 heteroatoms. The zero-order valence-electron chi connectivity index (χ0n) is 15.7. The fourth-order valence-corrected chi connectivity index (χ4v) is 3.34. The Morgan fingerprint density at radius 2 is 2.08 bits per heavy atom. The van der Waals surface area contributed by atoms with Gasteiger partial charge in [0.2, 0.25) is 5.91 Å². The molecule has 1 aromatic heterocycles. The van der Waals surface area contributed by atoms with E-state index in [2.05, 4.69) is 36.0 Å². The Kier molecular flexibility index (Phi) is 7.18. The number of hydrogen-bond donors (Lipinski definition) is 1. The lowest BCUT2D eigenvalue weighted by molar-refractivity contribution is -0.121. The molecule has 0 saturated carbocycles. The third-order valence-corrected chi connectivity index (χ3v) is 4.79. The fourth-order valence-electron chi connectivity index (χ4n) is 3.03. The van der Waals surface area contributed by atoms with E-state index < -0.39 is 0 Å². The van der Waals surface area contributed by atoms with Crippen molar-refractivity contribution in [1.29, 1.82) is 0 Å². The number of carbonyl (C=O) groups excluding carboxylic acids is 1. The van der Waals surface area contributed by atoms with Gasteiger partial charge < -0.3 is 14.6 Å². The van der Waals surface area contributed by atoms with Gasteiger partial charge in [0, 0.05) is 36.7 Å². The summed E-state index contributed by atoms with van der Waals surface area (Å²) in [4.78, 5) is 11.7. The minimum Gasteiger partial charge on any atom is -0.494 e. The predicted octanol–water partition coefficient (Wildman–Crippen LogP) is 5.12. The summed E-state index contributed by atoms with van der Waals surface area (Å²) >= 11 is 6.57. The maximum absolute atomic E-state index is 11.7. The van der Waals surface area contributed by atoms with E-state index >= 15 is 0 Å². The second-order valence-corrected chi connectivity index (χ2v) is 6.81. The van der Waals surface area contributed by atoms with Crippen LogP contribution < -0.4 is 10.1 Å². The topological polar surface area (TPSA) is 43.3 Å². The lowest BCUT2D eigenvalue weighted by Gasteiger charge is -2.14. The van der Waals surface area contributed by atoms with E-state index in [0.717, 1.165) is 35.9 Å². The van der Waals surface area contributed by atoms with Crippen LogP contribution in [0.3, 0.4) is 0 Å². The van der Waals surface area contributed by atoms with Crippen LogP contribution in [0.15, 0.2) is 18.3 Å². The van der Waals surface area contributed by atoms with Crippen LogP contribution in [0.2, 0.25) is 5.02 Å². The molecule has 0 fully saturated rings. The molecule has 25 heavy (non-hydrogen) atoms. The molecule has 4 nitrogen and oxygen atoms in total. The summed E-state index contributed by atoms with van der Waals surface area (Å²) in [6.45, 7) is 9.58. The Balaban J connectivity index is 2.35.